The summed E-state index contributed by atoms with van der Waals surface area (Å²) >= 11 is 1.01. The van der Waals surface area contributed by atoms with Crippen LogP contribution in [0.2, 0.25) is 0 Å². The van der Waals surface area contributed by atoms with Gasteiger partial charge in [0, 0.05) is 11.3 Å². The van der Waals surface area contributed by atoms with Crippen molar-refractivity contribution in [1.29, 1.82) is 0 Å². The van der Waals surface area contributed by atoms with Gasteiger partial charge in [0.1, 0.15) is 24.3 Å². The molecule has 1 aromatic rings. The number of carbonyl (C=O) groups excluding carboxylic acids is 4. The topological polar surface area (TPSA) is 210 Å². The maximum absolute atomic E-state index is 12.8. The molecule has 0 spiro atoms. The van der Waals surface area contributed by atoms with E-state index in [2.05, 4.69) is 15.5 Å². The van der Waals surface area contributed by atoms with Crippen LogP contribution in [0, 0.1) is 5.92 Å². The van der Waals surface area contributed by atoms with Crippen LogP contribution in [0.1, 0.15) is 19.0 Å². The molecule has 3 saturated heterocycles. The van der Waals surface area contributed by atoms with Crippen LogP contribution in [0.15, 0.2) is 10.5 Å². The molecule has 4 atom stereocenters. The largest absolute Gasteiger partial charge is 1.00 e. The van der Waals surface area contributed by atoms with Gasteiger partial charge in [-0.15, -0.1) is 11.3 Å². The van der Waals surface area contributed by atoms with E-state index in [4.69, 9.17) is 15.3 Å². The zero-order valence-corrected chi connectivity index (χ0v) is 21.0. The molecule has 1 aromatic heterocycles. The molecule has 3 fully saturated rings. The van der Waals surface area contributed by atoms with E-state index in [1.54, 1.807) is 6.92 Å². The number of nitrogens with zero attached hydrogens (tertiary/aromatic N) is 3. The summed E-state index contributed by atoms with van der Waals surface area (Å²) in [5.41, 5.74) is 2.69. The first kappa shape index (κ1) is 25.4. The third-order valence-electron chi connectivity index (χ3n) is 5.28. The van der Waals surface area contributed by atoms with Gasteiger partial charge in [-0.25, -0.2) is 13.4 Å². The smallest absolute Gasteiger partial charge is 0.544 e. The Kier molecular flexibility index (Phi) is 6.78. The van der Waals surface area contributed by atoms with E-state index in [9.17, 15) is 32.7 Å². The number of thiazole rings is 1. The third kappa shape index (κ3) is 3.88. The van der Waals surface area contributed by atoms with Crippen molar-refractivity contribution in [3.05, 3.63) is 11.1 Å². The summed E-state index contributed by atoms with van der Waals surface area (Å²) in [6.45, 7) is 1.71. The molecule has 3 aliphatic heterocycles. The molecular weight excluding hydrogens is 493 g/mol. The van der Waals surface area contributed by atoms with Crippen molar-refractivity contribution in [2.24, 2.45) is 11.1 Å². The van der Waals surface area contributed by atoms with Gasteiger partial charge >= 0.3 is 35.5 Å². The predicted molar refractivity (Wildman–Crippen MR) is 103 cm³/mol. The molecule has 4 rings (SSSR count). The van der Waals surface area contributed by atoms with Crippen molar-refractivity contribution < 1.29 is 71.8 Å². The van der Waals surface area contributed by atoms with Crippen LogP contribution in [-0.4, -0.2) is 77.3 Å². The Morgan fingerprint density at radius 3 is 2.76 bits per heavy atom. The Morgan fingerprint density at radius 2 is 2.18 bits per heavy atom. The SMILES string of the molecule is CCO/N=C(\C(=O)N[C@@H]1C(=O)N2[C@@H]1S(=O)(=O)C[C@@H]1CC(=O)O[C@@]12C(=O)[O-])c1csc(N)n1.[Na+]. The molecule has 0 aliphatic carbocycles. The quantitative estimate of drug-likeness (QED) is 0.121. The number of nitrogens with two attached hydrogens (primary N) is 1. The van der Waals surface area contributed by atoms with E-state index in [1.807, 2.05) is 0 Å². The molecule has 3 aliphatic rings. The number of nitrogen functional groups attached to an aromatic ring is 1. The molecule has 0 radical (unpaired) electrons. The van der Waals surface area contributed by atoms with E-state index in [0.717, 1.165) is 11.3 Å². The number of nitrogens with one attached hydrogen (secondary N) is 1. The number of hydrogen-bond acceptors (Lipinski definition) is 13. The minimum atomic E-state index is -4.14. The first-order valence-electron chi connectivity index (χ1n) is 9.23. The molecule has 0 aromatic carbocycles. The van der Waals surface area contributed by atoms with Gasteiger partial charge in [-0.1, -0.05) is 5.16 Å². The molecule has 2 amide bonds. The minimum absolute atomic E-state index is 0. The molecule has 4 heterocycles. The van der Waals surface area contributed by atoms with E-state index < -0.39 is 68.8 Å². The number of rotatable bonds is 6. The summed E-state index contributed by atoms with van der Waals surface area (Å²) in [4.78, 5) is 58.5. The van der Waals surface area contributed by atoms with Crippen LogP contribution in [-0.2, 0) is 38.6 Å². The number of carboxylic acids is 1. The van der Waals surface area contributed by atoms with Gasteiger partial charge in [-0.05, 0) is 6.92 Å². The van der Waals surface area contributed by atoms with Gasteiger partial charge in [0.25, 0.3) is 11.8 Å². The molecule has 14 nitrogen and oxygen atoms in total. The number of hydrogen-bond donors (Lipinski definition) is 2. The third-order valence-corrected chi connectivity index (χ3v) is 8.04. The summed E-state index contributed by atoms with van der Waals surface area (Å²) in [5, 5.41) is 17.5. The number of sulfone groups is 1. The average Bonchev–Trinajstić information content (AvgIpc) is 3.27. The van der Waals surface area contributed by atoms with Crippen LogP contribution < -0.4 is 45.7 Å². The first-order valence-corrected chi connectivity index (χ1v) is 11.8. The second-order valence-corrected chi connectivity index (χ2v) is 10.2. The molecule has 17 heteroatoms. The number of β-lactam (4-membered cyclic amide) rings is 1. The van der Waals surface area contributed by atoms with Gasteiger partial charge < -0.3 is 30.5 Å². The molecule has 3 N–H and O–H groups in total. The van der Waals surface area contributed by atoms with Crippen molar-refractivity contribution in [2.45, 2.75) is 30.5 Å². The van der Waals surface area contributed by atoms with E-state index in [0.29, 0.717) is 4.90 Å². The Bertz CT molecular complexity index is 1170. The summed E-state index contributed by atoms with van der Waals surface area (Å²) in [5.74, 6) is -7.01. The van der Waals surface area contributed by atoms with Crippen LogP contribution in [0.25, 0.3) is 0 Å². The second kappa shape index (κ2) is 8.83. The monoisotopic (exact) mass is 509 g/mol. The number of carbonyl (C=O) groups is 4. The van der Waals surface area contributed by atoms with Crippen LogP contribution >= 0.6 is 11.3 Å². The number of esters is 1. The van der Waals surface area contributed by atoms with Gasteiger partial charge in [0.2, 0.25) is 5.72 Å². The fraction of sp³-hybridized carbons (Fsp3) is 0.500. The zero-order valence-electron chi connectivity index (χ0n) is 17.3. The number of anilines is 1. The van der Waals surface area contributed by atoms with E-state index in [-0.39, 0.29) is 52.7 Å². The number of carboxylic acid groups (broad SMARTS) is 1. The molecule has 0 bridgehead atoms. The van der Waals surface area contributed by atoms with Crippen molar-refractivity contribution in [3.8, 4) is 0 Å². The summed E-state index contributed by atoms with van der Waals surface area (Å²) in [6.07, 6.45) is -0.503. The standard InChI is InChI=1S/C16H17N5O9S2.Na/c1-2-29-20-9(7-4-31-15(17)18-7)11(23)19-10-12(24)21-13(10)32(27,28)5-6-3-8(22)30-16(6,21)14(25)26;/h4,6,10,13H,2-3,5H2,1H3,(H2,17,18)(H,19,23)(H,25,26);/q;+1/p-1/b20-9-;/t6-,10+,13+,16+;/m0./s1. The number of fused-ring (bicyclic) bond motifs is 3. The zero-order chi connectivity index (χ0) is 23.4. The van der Waals surface area contributed by atoms with Crippen molar-refractivity contribution in [3.63, 3.8) is 0 Å². The van der Waals surface area contributed by atoms with Gasteiger partial charge in [-0.3, -0.25) is 19.3 Å². The normalized spacial score (nSPS) is 29.7. The van der Waals surface area contributed by atoms with Gasteiger partial charge in [0.05, 0.1) is 12.2 Å². The number of amides is 2. The van der Waals surface area contributed by atoms with Crippen LogP contribution in [0.5, 0.6) is 0 Å². The average molecular weight is 509 g/mol. The molecule has 0 unspecified atom stereocenters. The molecule has 172 valence electrons. The Hall–Kier alpha value is -2.27. The van der Waals surface area contributed by atoms with Crippen LogP contribution in [0.4, 0.5) is 5.13 Å². The summed E-state index contributed by atoms with van der Waals surface area (Å²) in [7, 11) is -4.14. The number of oxime groups is 1. The molecule has 33 heavy (non-hydrogen) atoms. The van der Waals surface area contributed by atoms with Crippen LogP contribution in [0.3, 0.4) is 0 Å². The summed E-state index contributed by atoms with van der Waals surface area (Å²) in [6, 6.07) is -1.65. The fourth-order valence-electron chi connectivity index (χ4n) is 4.00. The molecule has 0 saturated carbocycles. The fourth-order valence-corrected chi connectivity index (χ4v) is 6.83. The van der Waals surface area contributed by atoms with Gasteiger partial charge in [-0.2, -0.15) is 0 Å². The number of aromatic nitrogens is 1. The maximum Gasteiger partial charge on any atom is 1.00 e. The minimum Gasteiger partial charge on any atom is -0.544 e. The Labute approximate surface area is 212 Å². The van der Waals surface area contributed by atoms with Crippen molar-refractivity contribution >= 4 is 55.8 Å². The van der Waals surface area contributed by atoms with E-state index >= 15 is 0 Å². The van der Waals surface area contributed by atoms with E-state index in [1.165, 1.54) is 5.38 Å². The summed E-state index contributed by atoms with van der Waals surface area (Å²) < 4.78 is 30.5. The number of ether oxygens (including phenoxy) is 1. The Morgan fingerprint density at radius 1 is 1.48 bits per heavy atom. The maximum atomic E-state index is 12.8. The van der Waals surface area contributed by atoms with Crippen molar-refractivity contribution in [1.82, 2.24) is 15.2 Å². The van der Waals surface area contributed by atoms with Gasteiger partial charge in [0.15, 0.2) is 26.1 Å². The first-order chi connectivity index (χ1) is 15.0. The predicted octanol–water partition coefficient (Wildman–Crippen LogP) is -6.44. The number of aliphatic carboxylic acids is 1. The Balaban J connectivity index is 0.00000306. The molecular formula is C16H16N5NaO9S2. The second-order valence-electron chi connectivity index (χ2n) is 7.17. The van der Waals surface area contributed by atoms with Crippen molar-refractivity contribution in [2.75, 3.05) is 18.1 Å².